The number of hydrogen-bond acceptors (Lipinski definition) is 5. The molecule has 1 fully saturated rings. The fourth-order valence-corrected chi connectivity index (χ4v) is 5.29. The average Bonchev–Trinajstić information content (AvgIpc) is 2.78. The van der Waals surface area contributed by atoms with Crippen molar-refractivity contribution in [1.82, 2.24) is 9.29 Å². The predicted octanol–water partition coefficient (Wildman–Crippen LogP) is 4.17. The Balaban J connectivity index is 1.42. The van der Waals surface area contributed by atoms with Crippen LogP contribution in [0.2, 0.25) is 0 Å². The van der Waals surface area contributed by atoms with E-state index in [1.165, 1.54) is 16.4 Å². The third-order valence-electron chi connectivity index (χ3n) is 5.41. The molecule has 1 aromatic heterocycles. The minimum Gasteiger partial charge on any atom is -0.406 e. The number of aromatic nitrogens is 1. The number of alkyl halides is 3. The Bertz CT molecular complexity index is 1270. The number of nitrogens with one attached hydrogen (secondary N) is 1. The van der Waals surface area contributed by atoms with Gasteiger partial charge in [0.1, 0.15) is 5.75 Å². The van der Waals surface area contributed by atoms with Gasteiger partial charge < -0.3 is 10.1 Å². The van der Waals surface area contributed by atoms with Gasteiger partial charge in [0.2, 0.25) is 15.9 Å². The Morgan fingerprint density at radius 2 is 1.79 bits per heavy atom. The number of nitrogens with zero attached hydrogens (tertiary/aromatic N) is 2. The molecule has 2 heterocycles. The van der Waals surface area contributed by atoms with Crippen molar-refractivity contribution in [3.05, 3.63) is 60.8 Å². The third kappa shape index (κ3) is 5.25. The lowest BCUT2D eigenvalue weighted by molar-refractivity contribution is -0.274. The molecule has 11 heteroatoms. The summed E-state index contributed by atoms with van der Waals surface area (Å²) in [6, 6.07) is 13.3. The number of halogens is 3. The maximum absolute atomic E-state index is 12.9. The predicted molar refractivity (Wildman–Crippen MR) is 115 cm³/mol. The van der Waals surface area contributed by atoms with Crippen LogP contribution in [0.5, 0.6) is 5.75 Å². The third-order valence-corrected chi connectivity index (χ3v) is 7.30. The standard InChI is InChI=1S/C22H20F3N3O4S/c23-22(24,25)32-16-4-1-5-17(14-16)33(30,31)28-12-9-15(10-13-28)21(29)27-20-8-2-7-19-18(20)6-3-11-26-19/h1-8,11,14-15H,9-10,12-13H2,(H,27,29). The van der Waals surface area contributed by atoms with Gasteiger partial charge in [-0.3, -0.25) is 9.78 Å². The Morgan fingerprint density at radius 3 is 2.52 bits per heavy atom. The van der Waals surface area contributed by atoms with Gasteiger partial charge in [-0.1, -0.05) is 12.1 Å². The van der Waals surface area contributed by atoms with E-state index in [-0.39, 0.29) is 36.7 Å². The van der Waals surface area contributed by atoms with Crippen molar-refractivity contribution in [2.24, 2.45) is 5.92 Å². The Labute approximate surface area is 188 Å². The first kappa shape index (κ1) is 23.0. The fraction of sp³-hybridized carbons (Fsp3) is 0.273. The second-order valence-corrected chi connectivity index (χ2v) is 9.50. The largest absolute Gasteiger partial charge is 0.573 e. The van der Waals surface area contributed by atoms with Crippen LogP contribution >= 0.6 is 0 Å². The van der Waals surface area contributed by atoms with Crippen LogP contribution in [0.3, 0.4) is 0 Å². The SMILES string of the molecule is O=C(Nc1cccc2ncccc12)C1CCN(S(=O)(=O)c2cccc(OC(F)(F)F)c2)CC1. The summed E-state index contributed by atoms with van der Waals surface area (Å²) >= 11 is 0. The molecule has 2 aromatic carbocycles. The van der Waals surface area contributed by atoms with Gasteiger partial charge in [-0.25, -0.2) is 8.42 Å². The van der Waals surface area contributed by atoms with Crippen LogP contribution < -0.4 is 10.1 Å². The van der Waals surface area contributed by atoms with Crippen LogP contribution in [0.15, 0.2) is 65.7 Å². The normalized spacial score (nSPS) is 16.0. The van der Waals surface area contributed by atoms with Gasteiger partial charge in [0.25, 0.3) is 0 Å². The summed E-state index contributed by atoms with van der Waals surface area (Å²) in [6.07, 6.45) is -2.69. The van der Waals surface area contributed by atoms with Gasteiger partial charge in [0.15, 0.2) is 0 Å². The highest BCUT2D eigenvalue weighted by Gasteiger charge is 2.34. The summed E-state index contributed by atoms with van der Waals surface area (Å²) in [5.74, 6) is -1.23. The highest BCUT2D eigenvalue weighted by molar-refractivity contribution is 7.89. The van der Waals surface area contributed by atoms with E-state index in [4.69, 9.17) is 0 Å². The number of ether oxygens (including phenoxy) is 1. The zero-order valence-corrected chi connectivity index (χ0v) is 18.1. The molecule has 0 spiro atoms. The van der Waals surface area contributed by atoms with Crippen LogP contribution in [0, 0.1) is 5.92 Å². The molecule has 1 N–H and O–H groups in total. The minimum atomic E-state index is -4.92. The van der Waals surface area contributed by atoms with E-state index in [2.05, 4.69) is 15.0 Å². The molecule has 0 bridgehead atoms. The molecule has 4 rings (SSSR count). The second kappa shape index (κ2) is 8.99. The summed E-state index contributed by atoms with van der Waals surface area (Å²) in [5.41, 5.74) is 1.37. The van der Waals surface area contributed by atoms with Crippen molar-refractivity contribution in [3.8, 4) is 5.75 Å². The number of carbonyl (C=O) groups excluding carboxylic acids is 1. The van der Waals surface area contributed by atoms with Crippen molar-refractivity contribution in [3.63, 3.8) is 0 Å². The van der Waals surface area contributed by atoms with Crippen molar-refractivity contribution in [1.29, 1.82) is 0 Å². The quantitative estimate of drug-likeness (QED) is 0.593. The summed E-state index contributed by atoms with van der Waals surface area (Å²) in [7, 11) is -4.03. The molecule has 174 valence electrons. The fourth-order valence-electron chi connectivity index (χ4n) is 3.79. The molecule has 1 amide bonds. The van der Waals surface area contributed by atoms with E-state index < -0.39 is 28.1 Å². The molecule has 7 nitrogen and oxygen atoms in total. The zero-order valence-electron chi connectivity index (χ0n) is 17.2. The van der Waals surface area contributed by atoms with Crippen molar-refractivity contribution < 1.29 is 31.1 Å². The number of sulfonamides is 1. The number of carbonyl (C=O) groups is 1. The molecule has 1 saturated heterocycles. The van der Waals surface area contributed by atoms with Gasteiger partial charge in [0, 0.05) is 36.7 Å². The van der Waals surface area contributed by atoms with Gasteiger partial charge in [0.05, 0.1) is 16.1 Å². The highest BCUT2D eigenvalue weighted by atomic mass is 32.2. The number of fused-ring (bicyclic) bond motifs is 1. The molecule has 33 heavy (non-hydrogen) atoms. The van der Waals surface area contributed by atoms with E-state index in [1.54, 1.807) is 24.4 Å². The molecule has 0 aliphatic carbocycles. The maximum Gasteiger partial charge on any atom is 0.573 e. The van der Waals surface area contributed by atoms with E-state index in [1.807, 2.05) is 12.1 Å². The van der Waals surface area contributed by atoms with E-state index in [0.29, 0.717) is 5.69 Å². The highest BCUT2D eigenvalue weighted by Crippen LogP contribution is 2.29. The van der Waals surface area contributed by atoms with Crippen LogP contribution in [-0.2, 0) is 14.8 Å². The lowest BCUT2D eigenvalue weighted by Crippen LogP contribution is -2.41. The molecule has 0 unspecified atom stereocenters. The number of piperidine rings is 1. The number of benzene rings is 2. The number of pyridine rings is 1. The second-order valence-electron chi connectivity index (χ2n) is 7.57. The molecule has 0 saturated carbocycles. The number of rotatable bonds is 5. The van der Waals surface area contributed by atoms with Crippen LogP contribution in [-0.4, -0.2) is 43.1 Å². The first-order chi connectivity index (χ1) is 15.6. The Kier molecular flexibility index (Phi) is 6.26. The van der Waals surface area contributed by atoms with Crippen LogP contribution in [0.25, 0.3) is 10.9 Å². The summed E-state index contributed by atoms with van der Waals surface area (Å²) < 4.78 is 68.2. The molecule has 0 radical (unpaired) electrons. The topological polar surface area (TPSA) is 88.6 Å². The first-order valence-corrected chi connectivity index (χ1v) is 11.6. The van der Waals surface area contributed by atoms with Crippen molar-refractivity contribution >= 4 is 32.5 Å². The van der Waals surface area contributed by atoms with Gasteiger partial charge in [-0.15, -0.1) is 13.2 Å². The van der Waals surface area contributed by atoms with Crippen LogP contribution in [0.4, 0.5) is 18.9 Å². The van der Waals surface area contributed by atoms with Crippen molar-refractivity contribution in [2.75, 3.05) is 18.4 Å². The summed E-state index contributed by atoms with van der Waals surface area (Å²) in [4.78, 5) is 16.8. The first-order valence-electron chi connectivity index (χ1n) is 10.1. The molecular weight excluding hydrogens is 459 g/mol. The van der Waals surface area contributed by atoms with E-state index in [0.717, 1.165) is 23.0 Å². The molecular formula is C22H20F3N3O4S. The Morgan fingerprint density at radius 1 is 1.06 bits per heavy atom. The van der Waals surface area contributed by atoms with E-state index in [9.17, 15) is 26.4 Å². The summed E-state index contributed by atoms with van der Waals surface area (Å²) in [6.45, 7) is 0.143. The van der Waals surface area contributed by atoms with Crippen LogP contribution in [0.1, 0.15) is 12.8 Å². The number of anilines is 1. The molecule has 1 aliphatic rings. The van der Waals surface area contributed by atoms with Gasteiger partial charge in [-0.05, 0) is 49.2 Å². The summed E-state index contributed by atoms with van der Waals surface area (Å²) in [5, 5.41) is 3.70. The molecule has 0 atom stereocenters. The molecule has 3 aromatic rings. The minimum absolute atomic E-state index is 0.0713. The molecule has 1 aliphatic heterocycles. The Hall–Kier alpha value is -3.18. The maximum atomic E-state index is 12.9. The lowest BCUT2D eigenvalue weighted by atomic mass is 9.97. The number of hydrogen-bond donors (Lipinski definition) is 1. The van der Waals surface area contributed by atoms with Gasteiger partial charge >= 0.3 is 6.36 Å². The monoisotopic (exact) mass is 479 g/mol. The van der Waals surface area contributed by atoms with E-state index >= 15 is 0 Å². The smallest absolute Gasteiger partial charge is 0.406 e. The zero-order chi connectivity index (χ0) is 23.6. The lowest BCUT2D eigenvalue weighted by Gasteiger charge is -2.30. The average molecular weight is 479 g/mol. The van der Waals surface area contributed by atoms with Crippen molar-refractivity contribution in [2.45, 2.75) is 24.1 Å². The number of amides is 1. The van der Waals surface area contributed by atoms with Gasteiger partial charge in [-0.2, -0.15) is 4.31 Å².